The van der Waals surface area contributed by atoms with Crippen molar-refractivity contribution in [2.45, 2.75) is 95.7 Å². The number of fused-ring (bicyclic) bond motifs is 2. The molecule has 3 fully saturated rings. The van der Waals surface area contributed by atoms with E-state index in [2.05, 4.69) is 32.5 Å². The van der Waals surface area contributed by atoms with Gasteiger partial charge in [0.1, 0.15) is 17.4 Å². The molecular weight excluding hydrogens is 650 g/mol. The molecule has 3 amide bonds. The fraction of sp³-hybridized carbons (Fsp3) is 0.553. The van der Waals surface area contributed by atoms with E-state index in [-0.39, 0.29) is 18.0 Å². The number of aromatic nitrogens is 4. The first-order valence-corrected chi connectivity index (χ1v) is 18.2. The quantitative estimate of drug-likeness (QED) is 0.237. The molecule has 2 aromatic heterocycles. The maximum atomic E-state index is 13.4. The van der Waals surface area contributed by atoms with E-state index in [1.165, 1.54) is 0 Å². The van der Waals surface area contributed by atoms with E-state index < -0.39 is 23.6 Å². The van der Waals surface area contributed by atoms with Crippen LogP contribution in [0.15, 0.2) is 41.3 Å². The van der Waals surface area contributed by atoms with Crippen molar-refractivity contribution in [3.63, 3.8) is 0 Å². The van der Waals surface area contributed by atoms with E-state index >= 15 is 0 Å². The predicted octanol–water partition coefficient (Wildman–Crippen LogP) is 5.63. The Labute approximate surface area is 297 Å². The zero-order chi connectivity index (χ0) is 36.0. The Kier molecular flexibility index (Phi) is 9.42. The number of carbonyl (C=O) groups is 3. The molecule has 4 aromatic rings. The smallest absolute Gasteiger partial charge is 0.412 e. The fourth-order valence-corrected chi connectivity index (χ4v) is 8.35. The van der Waals surface area contributed by atoms with Gasteiger partial charge in [0.25, 0.3) is 0 Å². The average molecular weight is 700 g/mol. The van der Waals surface area contributed by atoms with Crippen molar-refractivity contribution < 1.29 is 23.9 Å². The third-order valence-electron chi connectivity index (χ3n) is 10.9. The van der Waals surface area contributed by atoms with Crippen molar-refractivity contribution in [3.05, 3.63) is 52.6 Å². The lowest BCUT2D eigenvalue weighted by Crippen LogP contribution is -2.44. The zero-order valence-electron chi connectivity index (χ0n) is 30.2. The van der Waals surface area contributed by atoms with Gasteiger partial charge in [0.05, 0.1) is 35.4 Å². The highest BCUT2D eigenvalue weighted by molar-refractivity contribution is 6.00. The molecular formula is C38H49N7O6. The molecule has 4 heterocycles. The number of likely N-dealkylation sites (tertiary alicyclic amines) is 1. The van der Waals surface area contributed by atoms with Crippen LogP contribution in [0.1, 0.15) is 95.7 Å². The molecule has 2 saturated heterocycles. The lowest BCUT2D eigenvalue weighted by atomic mass is 9.84. The van der Waals surface area contributed by atoms with Crippen LogP contribution in [0.3, 0.4) is 0 Å². The minimum absolute atomic E-state index is 0.220. The van der Waals surface area contributed by atoms with Gasteiger partial charge in [-0.15, -0.1) is 0 Å². The van der Waals surface area contributed by atoms with Gasteiger partial charge in [-0.3, -0.25) is 34.0 Å². The average Bonchev–Trinajstić information content (AvgIpc) is 3.61. The van der Waals surface area contributed by atoms with Crippen LogP contribution in [0, 0.1) is 5.92 Å². The highest BCUT2D eigenvalue weighted by atomic mass is 16.6. The topological polar surface area (TPSA) is 142 Å². The summed E-state index contributed by atoms with van der Waals surface area (Å²) in [5.74, 6) is 0.813. The third kappa shape index (κ3) is 7.13. The number of anilines is 1. The standard InChI is InChI=1S/C38H49N7O6/c1-38(2,3)51-36(48)39-29-19-25-22-44(41-28(25)20-32(29)50-5)26-11-9-23(10-12-26)21-43-17-15-24(16-18-43)27-7-6-8-30-34(27)42(4)37(49)45(30)31-13-14-33(46)40-35(31)47/h6-8,19-20,22-24,26,31H,9-18,21H2,1-5H3,(H,39,48)(H,40,46,47). The van der Waals surface area contributed by atoms with Crippen molar-refractivity contribution in [3.8, 4) is 5.75 Å². The van der Waals surface area contributed by atoms with Crippen molar-refractivity contribution in [2.24, 2.45) is 13.0 Å². The Morgan fingerprint density at radius 3 is 2.45 bits per heavy atom. The number of imidazole rings is 1. The van der Waals surface area contributed by atoms with Gasteiger partial charge in [-0.05, 0) is 108 Å². The molecule has 13 heteroatoms. The maximum Gasteiger partial charge on any atom is 0.412 e. The summed E-state index contributed by atoms with van der Waals surface area (Å²) in [6.45, 7) is 8.59. The van der Waals surface area contributed by atoms with Crippen molar-refractivity contribution >= 4 is 45.5 Å². The molecule has 51 heavy (non-hydrogen) atoms. The molecule has 272 valence electrons. The van der Waals surface area contributed by atoms with Gasteiger partial charge in [-0.2, -0.15) is 5.10 Å². The summed E-state index contributed by atoms with van der Waals surface area (Å²) in [7, 11) is 3.36. The van der Waals surface area contributed by atoms with E-state index in [4.69, 9.17) is 14.6 Å². The normalized spacial score (nSPS) is 22.3. The molecule has 2 aromatic carbocycles. The van der Waals surface area contributed by atoms with Crippen molar-refractivity contribution in [2.75, 3.05) is 32.1 Å². The minimum Gasteiger partial charge on any atom is -0.494 e. The monoisotopic (exact) mass is 699 g/mol. The first kappa shape index (κ1) is 34.8. The number of methoxy groups -OCH3 is 1. The van der Waals surface area contributed by atoms with E-state index in [9.17, 15) is 19.2 Å². The van der Waals surface area contributed by atoms with E-state index in [1.807, 2.05) is 45.0 Å². The third-order valence-corrected chi connectivity index (χ3v) is 10.9. The molecule has 2 aliphatic heterocycles. The van der Waals surface area contributed by atoms with Crippen LogP contribution in [-0.4, -0.2) is 74.1 Å². The molecule has 2 N–H and O–H groups in total. The number of benzene rings is 2. The lowest BCUT2D eigenvalue weighted by Gasteiger charge is -2.37. The second-order valence-corrected chi connectivity index (χ2v) is 15.5. The first-order valence-electron chi connectivity index (χ1n) is 18.2. The van der Waals surface area contributed by atoms with Crippen LogP contribution >= 0.6 is 0 Å². The Morgan fingerprint density at radius 1 is 1.02 bits per heavy atom. The highest BCUT2D eigenvalue weighted by Crippen LogP contribution is 2.38. The van der Waals surface area contributed by atoms with E-state index in [0.29, 0.717) is 35.7 Å². The van der Waals surface area contributed by atoms with Crippen LogP contribution < -0.4 is 21.1 Å². The molecule has 0 bridgehead atoms. The molecule has 1 saturated carbocycles. The zero-order valence-corrected chi connectivity index (χ0v) is 30.2. The number of para-hydroxylation sites is 1. The van der Waals surface area contributed by atoms with Crippen LogP contribution in [0.2, 0.25) is 0 Å². The summed E-state index contributed by atoms with van der Waals surface area (Å²) >= 11 is 0. The minimum atomic E-state index is -0.678. The number of piperidine rings is 2. The van der Waals surface area contributed by atoms with Crippen LogP contribution in [0.4, 0.5) is 10.5 Å². The van der Waals surface area contributed by atoms with E-state index in [1.54, 1.807) is 23.3 Å². The molecule has 3 aliphatic rings. The summed E-state index contributed by atoms with van der Waals surface area (Å²) in [5, 5.41) is 11.1. The number of nitrogens with zero attached hydrogens (tertiary/aromatic N) is 5. The number of imide groups is 1. The molecule has 13 nitrogen and oxygen atoms in total. The molecule has 0 spiro atoms. The molecule has 1 aliphatic carbocycles. The number of amides is 3. The van der Waals surface area contributed by atoms with Gasteiger partial charge >= 0.3 is 11.8 Å². The van der Waals surface area contributed by atoms with Crippen molar-refractivity contribution in [1.82, 2.24) is 29.1 Å². The summed E-state index contributed by atoms with van der Waals surface area (Å²) in [4.78, 5) is 52.9. The number of ether oxygens (including phenoxy) is 2. The second-order valence-electron chi connectivity index (χ2n) is 15.5. The number of hydrogen-bond donors (Lipinski definition) is 2. The van der Waals surface area contributed by atoms with E-state index in [0.717, 1.165) is 85.7 Å². The molecule has 0 radical (unpaired) electrons. The summed E-state index contributed by atoms with van der Waals surface area (Å²) < 4.78 is 16.3. The highest BCUT2D eigenvalue weighted by Gasteiger charge is 2.33. The van der Waals surface area contributed by atoms with Gasteiger partial charge in [-0.1, -0.05) is 12.1 Å². The van der Waals surface area contributed by atoms with Crippen LogP contribution in [-0.2, 0) is 21.4 Å². The second kappa shape index (κ2) is 13.8. The largest absolute Gasteiger partial charge is 0.494 e. The molecule has 7 rings (SSSR count). The first-order chi connectivity index (χ1) is 24.4. The summed E-state index contributed by atoms with van der Waals surface area (Å²) in [6, 6.07) is 9.44. The number of rotatable bonds is 7. The van der Waals surface area contributed by atoms with Crippen LogP contribution in [0.25, 0.3) is 21.9 Å². The number of carbonyl (C=O) groups excluding carboxylic acids is 3. The Hall–Kier alpha value is -4.65. The lowest BCUT2D eigenvalue weighted by molar-refractivity contribution is -0.135. The fourth-order valence-electron chi connectivity index (χ4n) is 8.35. The Bertz CT molecular complexity index is 2020. The van der Waals surface area contributed by atoms with Gasteiger partial charge < -0.3 is 14.4 Å². The Balaban J connectivity index is 0.954. The molecule has 1 unspecified atom stereocenters. The predicted molar refractivity (Wildman–Crippen MR) is 194 cm³/mol. The number of hydrogen-bond acceptors (Lipinski definition) is 8. The number of aryl methyl sites for hydroxylation is 1. The summed E-state index contributed by atoms with van der Waals surface area (Å²) in [5.41, 5.74) is 3.38. The van der Waals surface area contributed by atoms with Crippen LogP contribution in [0.5, 0.6) is 5.75 Å². The summed E-state index contributed by atoms with van der Waals surface area (Å²) in [6.07, 6.45) is 8.55. The Morgan fingerprint density at radius 2 is 1.76 bits per heavy atom. The van der Waals surface area contributed by atoms with Gasteiger partial charge in [-0.25, -0.2) is 9.59 Å². The van der Waals surface area contributed by atoms with Gasteiger partial charge in [0.2, 0.25) is 11.8 Å². The van der Waals surface area contributed by atoms with Gasteiger partial charge in [0.15, 0.2) is 0 Å². The SMILES string of the molecule is COc1cc2nn(C3CCC(CN4CCC(c5cccc6c5n(C)c(=O)n6C5CCC(=O)NC5=O)CC4)CC3)cc2cc1NC(=O)OC(C)(C)C. The number of nitrogens with one attached hydrogen (secondary N) is 2. The van der Waals surface area contributed by atoms with Gasteiger partial charge in [0, 0.05) is 37.7 Å². The van der Waals surface area contributed by atoms with Crippen molar-refractivity contribution in [1.29, 1.82) is 0 Å². The maximum absolute atomic E-state index is 13.4. The molecule has 1 atom stereocenters.